The fraction of sp³-hybridized carbons (Fsp3) is 0.538. The van der Waals surface area contributed by atoms with Crippen LogP contribution in [0.4, 0.5) is 0 Å². The van der Waals surface area contributed by atoms with Crippen molar-refractivity contribution in [3.8, 4) is 0 Å². The summed E-state index contributed by atoms with van der Waals surface area (Å²) in [6, 6.07) is 5.99. The molecule has 0 amide bonds. The zero-order valence-electron chi connectivity index (χ0n) is 10.5. The summed E-state index contributed by atoms with van der Waals surface area (Å²) in [4.78, 5) is -0.0666. The molecule has 2 aliphatic rings. The standard InChI is InChI=1S/C7H8O3S.C6H11N/c1-6-2-4-7(5-3-6)11(8,9)10;1-2-6(3-1)4-7-5-6/h2-5H,1H3,(H,8,9,10);7H,1-5H2. The first-order valence-electron chi connectivity index (χ1n) is 6.16. The van der Waals surface area contributed by atoms with Crippen LogP contribution in [0.5, 0.6) is 0 Å². The van der Waals surface area contributed by atoms with E-state index in [2.05, 4.69) is 5.32 Å². The van der Waals surface area contributed by atoms with Crippen molar-refractivity contribution in [3.05, 3.63) is 29.8 Å². The molecule has 100 valence electrons. The predicted octanol–water partition coefficient (Wildman–Crippen LogP) is 2.00. The van der Waals surface area contributed by atoms with Gasteiger partial charge in [-0.2, -0.15) is 8.42 Å². The Morgan fingerprint density at radius 2 is 1.72 bits per heavy atom. The Bertz CT molecular complexity index is 484. The van der Waals surface area contributed by atoms with Crippen molar-refractivity contribution in [1.82, 2.24) is 5.32 Å². The van der Waals surface area contributed by atoms with E-state index in [4.69, 9.17) is 4.55 Å². The van der Waals surface area contributed by atoms with Crippen molar-refractivity contribution in [2.24, 2.45) is 5.41 Å². The Balaban J connectivity index is 0.000000146. The Kier molecular flexibility index (Phi) is 3.75. The molecule has 1 aromatic rings. The molecule has 1 aliphatic heterocycles. The largest absolute Gasteiger partial charge is 0.316 e. The predicted molar refractivity (Wildman–Crippen MR) is 70.1 cm³/mol. The molecule has 2 N–H and O–H groups in total. The molecule has 1 saturated carbocycles. The topological polar surface area (TPSA) is 66.4 Å². The van der Waals surface area contributed by atoms with E-state index in [0.29, 0.717) is 0 Å². The van der Waals surface area contributed by atoms with Gasteiger partial charge in [0.15, 0.2) is 0 Å². The molecule has 5 heteroatoms. The van der Waals surface area contributed by atoms with Crippen LogP contribution >= 0.6 is 0 Å². The molecule has 18 heavy (non-hydrogen) atoms. The average molecular weight is 269 g/mol. The van der Waals surface area contributed by atoms with Gasteiger partial charge in [-0.3, -0.25) is 4.55 Å². The molecule has 1 aliphatic carbocycles. The first-order valence-corrected chi connectivity index (χ1v) is 7.60. The minimum atomic E-state index is -4.02. The normalized spacial score (nSPS) is 20.3. The smallest absolute Gasteiger partial charge is 0.294 e. The van der Waals surface area contributed by atoms with E-state index in [1.807, 2.05) is 6.92 Å². The van der Waals surface area contributed by atoms with Gasteiger partial charge in [-0.05, 0) is 37.3 Å². The molecule has 2 fully saturated rings. The summed E-state index contributed by atoms with van der Waals surface area (Å²) >= 11 is 0. The number of rotatable bonds is 1. The summed E-state index contributed by atoms with van der Waals surface area (Å²) in [7, 11) is -4.02. The Hall–Kier alpha value is -0.910. The van der Waals surface area contributed by atoms with Crippen LogP contribution in [-0.2, 0) is 10.1 Å². The van der Waals surface area contributed by atoms with Crippen LogP contribution in [-0.4, -0.2) is 26.1 Å². The second-order valence-corrected chi connectivity index (χ2v) is 6.67. The fourth-order valence-corrected chi connectivity index (χ4v) is 2.70. The molecule has 0 radical (unpaired) electrons. The summed E-state index contributed by atoms with van der Waals surface area (Å²) in [5.41, 5.74) is 1.79. The van der Waals surface area contributed by atoms with Crippen LogP contribution in [0.25, 0.3) is 0 Å². The molecule has 1 aromatic carbocycles. The highest BCUT2D eigenvalue weighted by Gasteiger charge is 2.41. The SMILES string of the molecule is C1CC2(C1)CNC2.Cc1ccc(S(=O)(=O)O)cc1. The number of hydrogen-bond acceptors (Lipinski definition) is 3. The van der Waals surface area contributed by atoms with Crippen LogP contribution in [0.15, 0.2) is 29.2 Å². The van der Waals surface area contributed by atoms with E-state index < -0.39 is 10.1 Å². The van der Waals surface area contributed by atoms with E-state index in [9.17, 15) is 8.42 Å². The van der Waals surface area contributed by atoms with Crippen molar-refractivity contribution in [1.29, 1.82) is 0 Å². The second-order valence-electron chi connectivity index (χ2n) is 5.25. The first-order chi connectivity index (χ1) is 8.41. The summed E-state index contributed by atoms with van der Waals surface area (Å²) in [5.74, 6) is 0. The highest BCUT2D eigenvalue weighted by Crippen LogP contribution is 2.43. The Morgan fingerprint density at radius 1 is 1.17 bits per heavy atom. The van der Waals surface area contributed by atoms with Crippen LogP contribution in [0, 0.1) is 12.3 Å². The maximum atomic E-state index is 10.5. The third-order valence-corrected chi connectivity index (χ3v) is 4.60. The van der Waals surface area contributed by atoms with Crippen LogP contribution in [0.1, 0.15) is 24.8 Å². The van der Waals surface area contributed by atoms with E-state index in [-0.39, 0.29) is 4.90 Å². The van der Waals surface area contributed by atoms with E-state index in [0.717, 1.165) is 11.0 Å². The second kappa shape index (κ2) is 4.99. The van der Waals surface area contributed by atoms with Gasteiger partial charge >= 0.3 is 0 Å². The maximum Gasteiger partial charge on any atom is 0.294 e. The Morgan fingerprint density at radius 3 is 1.94 bits per heavy atom. The molecule has 0 aromatic heterocycles. The van der Waals surface area contributed by atoms with Crippen LogP contribution < -0.4 is 5.32 Å². The third kappa shape index (κ3) is 3.10. The zero-order valence-corrected chi connectivity index (χ0v) is 11.3. The highest BCUT2D eigenvalue weighted by atomic mass is 32.2. The fourth-order valence-electron chi connectivity index (χ4n) is 2.22. The summed E-state index contributed by atoms with van der Waals surface area (Å²) in [6.45, 7) is 4.47. The lowest BCUT2D eigenvalue weighted by Gasteiger charge is -2.49. The van der Waals surface area contributed by atoms with Gasteiger partial charge < -0.3 is 5.32 Å². The van der Waals surface area contributed by atoms with Crippen molar-refractivity contribution >= 4 is 10.1 Å². The van der Waals surface area contributed by atoms with Gasteiger partial charge in [0.05, 0.1) is 4.90 Å². The van der Waals surface area contributed by atoms with Gasteiger partial charge in [-0.25, -0.2) is 0 Å². The molecular formula is C13H19NO3S. The summed E-state index contributed by atoms with van der Waals surface area (Å²) in [5, 5.41) is 3.30. The highest BCUT2D eigenvalue weighted by molar-refractivity contribution is 7.85. The average Bonchev–Trinajstić information content (AvgIpc) is 2.12. The lowest BCUT2D eigenvalue weighted by atomic mass is 9.65. The number of aryl methyl sites for hydroxylation is 1. The lowest BCUT2D eigenvalue weighted by Crippen LogP contribution is -2.57. The minimum Gasteiger partial charge on any atom is -0.316 e. The van der Waals surface area contributed by atoms with Crippen molar-refractivity contribution < 1.29 is 13.0 Å². The van der Waals surface area contributed by atoms with Gasteiger partial charge in [0.1, 0.15) is 0 Å². The first kappa shape index (κ1) is 13.5. The van der Waals surface area contributed by atoms with Crippen molar-refractivity contribution in [3.63, 3.8) is 0 Å². The number of hydrogen-bond donors (Lipinski definition) is 2. The summed E-state index contributed by atoms with van der Waals surface area (Å²) in [6.07, 6.45) is 4.49. The quantitative estimate of drug-likeness (QED) is 0.765. The van der Waals surface area contributed by atoms with Gasteiger partial charge in [-0.15, -0.1) is 0 Å². The van der Waals surface area contributed by atoms with Gasteiger partial charge in [0.25, 0.3) is 10.1 Å². The minimum absolute atomic E-state index is 0.0666. The van der Waals surface area contributed by atoms with Crippen molar-refractivity contribution in [2.75, 3.05) is 13.1 Å². The number of nitrogens with one attached hydrogen (secondary N) is 1. The molecule has 1 saturated heterocycles. The molecule has 1 heterocycles. The van der Waals surface area contributed by atoms with Gasteiger partial charge in [0.2, 0.25) is 0 Å². The summed E-state index contributed by atoms with van der Waals surface area (Å²) < 4.78 is 29.6. The molecule has 0 unspecified atom stereocenters. The molecule has 0 bridgehead atoms. The Labute approximate surface area is 108 Å². The molecule has 4 nitrogen and oxygen atoms in total. The van der Waals surface area contributed by atoms with Crippen molar-refractivity contribution in [2.45, 2.75) is 31.1 Å². The maximum absolute atomic E-state index is 10.5. The third-order valence-electron chi connectivity index (χ3n) is 3.73. The van der Waals surface area contributed by atoms with Gasteiger partial charge in [0, 0.05) is 13.1 Å². The molecule has 3 rings (SSSR count). The monoisotopic (exact) mass is 269 g/mol. The van der Waals surface area contributed by atoms with E-state index in [1.54, 1.807) is 12.1 Å². The van der Waals surface area contributed by atoms with Crippen LogP contribution in [0.2, 0.25) is 0 Å². The van der Waals surface area contributed by atoms with Crippen LogP contribution in [0.3, 0.4) is 0 Å². The van der Waals surface area contributed by atoms with Gasteiger partial charge in [-0.1, -0.05) is 24.1 Å². The molecular weight excluding hydrogens is 250 g/mol. The molecule has 0 atom stereocenters. The zero-order chi connectivity index (χ0) is 13.2. The molecule has 1 spiro atoms. The van der Waals surface area contributed by atoms with E-state index in [1.165, 1.54) is 44.5 Å². The van der Waals surface area contributed by atoms with E-state index >= 15 is 0 Å². The lowest BCUT2D eigenvalue weighted by molar-refractivity contribution is 0.0603. The number of benzene rings is 1.